The molecule has 0 saturated carbocycles. The second kappa shape index (κ2) is 14.8. The highest BCUT2D eigenvalue weighted by Gasteiger charge is 2.33. The van der Waals surface area contributed by atoms with Crippen molar-refractivity contribution in [2.45, 2.75) is 55.1 Å². The van der Waals surface area contributed by atoms with Crippen LogP contribution in [0.5, 0.6) is 0 Å². The number of carbonyl (C=O) groups is 1. The van der Waals surface area contributed by atoms with Gasteiger partial charge in [-0.1, -0.05) is 41.9 Å². The number of halogens is 3. The van der Waals surface area contributed by atoms with Crippen LogP contribution in [0.2, 0.25) is 5.02 Å². The highest BCUT2D eigenvalue weighted by Crippen LogP contribution is 2.27. The van der Waals surface area contributed by atoms with E-state index in [1.165, 1.54) is 22.5 Å². The van der Waals surface area contributed by atoms with Gasteiger partial charge in [0.25, 0.3) is 0 Å². The zero-order valence-corrected chi connectivity index (χ0v) is 25.8. The van der Waals surface area contributed by atoms with Crippen molar-refractivity contribution >= 4 is 33.2 Å². The highest BCUT2D eigenvalue weighted by atomic mass is 35.5. The summed E-state index contributed by atoms with van der Waals surface area (Å²) in [7, 11) is -3.74. The maximum Gasteiger partial charge on any atom is 0.243 e. The number of hydrogen-bond donors (Lipinski definition) is 3. The number of sulfonamides is 1. The number of ether oxygens (including phenoxy) is 1. The molecular formula is C32H37ClF2N4O4S. The van der Waals surface area contributed by atoms with Crippen LogP contribution in [0.3, 0.4) is 0 Å². The Kier molecular flexibility index (Phi) is 10.9. The number of nitrogens with one attached hydrogen (secondary N) is 3. The second-order valence-corrected chi connectivity index (χ2v) is 13.4. The SMILES string of the molecule is O=C(NC1CCOCC1)[C@H](Cc1ccc(Cl)c(F)c1)Nc1cccc(F)c1CC[C@@H]1CNCCN1S(=O)(=O)c1ccccc1. The first-order chi connectivity index (χ1) is 21.2. The van der Waals surface area contributed by atoms with Crippen LogP contribution >= 0.6 is 11.6 Å². The van der Waals surface area contributed by atoms with Crippen molar-refractivity contribution in [2.24, 2.45) is 0 Å². The van der Waals surface area contributed by atoms with Gasteiger partial charge < -0.3 is 20.7 Å². The number of nitrogens with zero attached hydrogens (tertiary/aromatic N) is 1. The molecule has 2 saturated heterocycles. The minimum absolute atomic E-state index is 0.0159. The highest BCUT2D eigenvalue weighted by molar-refractivity contribution is 7.89. The monoisotopic (exact) mass is 646 g/mol. The Balaban J connectivity index is 1.36. The van der Waals surface area contributed by atoms with E-state index in [0.29, 0.717) is 68.9 Å². The summed E-state index contributed by atoms with van der Waals surface area (Å²) in [5.41, 5.74) is 1.33. The van der Waals surface area contributed by atoms with Gasteiger partial charge in [0.1, 0.15) is 17.7 Å². The fraction of sp³-hybridized carbons (Fsp3) is 0.406. The molecule has 3 N–H and O–H groups in total. The van der Waals surface area contributed by atoms with E-state index < -0.39 is 33.7 Å². The Hall–Kier alpha value is -3.09. The molecule has 0 spiro atoms. The van der Waals surface area contributed by atoms with E-state index >= 15 is 4.39 Å². The van der Waals surface area contributed by atoms with Crippen LogP contribution in [0.1, 0.15) is 30.4 Å². The molecule has 2 atom stereocenters. The first-order valence-electron chi connectivity index (χ1n) is 14.9. The van der Waals surface area contributed by atoms with Crippen molar-refractivity contribution in [3.63, 3.8) is 0 Å². The molecule has 0 aliphatic carbocycles. The van der Waals surface area contributed by atoms with Crippen molar-refractivity contribution in [3.8, 4) is 0 Å². The van der Waals surface area contributed by atoms with Gasteiger partial charge in [-0.25, -0.2) is 17.2 Å². The Morgan fingerprint density at radius 2 is 1.82 bits per heavy atom. The van der Waals surface area contributed by atoms with E-state index in [4.69, 9.17) is 16.3 Å². The Labute approximate surface area is 262 Å². The number of rotatable bonds is 11. The average Bonchev–Trinajstić information content (AvgIpc) is 3.03. The summed E-state index contributed by atoms with van der Waals surface area (Å²) in [5, 5.41) is 9.54. The lowest BCUT2D eigenvalue weighted by Gasteiger charge is -2.35. The van der Waals surface area contributed by atoms with Crippen LogP contribution in [0.15, 0.2) is 71.6 Å². The molecule has 2 fully saturated rings. The van der Waals surface area contributed by atoms with Gasteiger partial charge >= 0.3 is 0 Å². The van der Waals surface area contributed by atoms with E-state index in [1.807, 2.05) is 0 Å². The fourth-order valence-electron chi connectivity index (χ4n) is 5.73. The number of hydrogen-bond acceptors (Lipinski definition) is 6. The molecule has 2 heterocycles. The number of anilines is 1. The van der Waals surface area contributed by atoms with Gasteiger partial charge in [0, 0.05) is 62.6 Å². The molecule has 2 aliphatic heterocycles. The Morgan fingerprint density at radius 1 is 1.05 bits per heavy atom. The fourth-order valence-corrected chi connectivity index (χ4v) is 7.53. The Morgan fingerprint density at radius 3 is 2.57 bits per heavy atom. The second-order valence-electron chi connectivity index (χ2n) is 11.1. The molecular weight excluding hydrogens is 610 g/mol. The molecule has 0 bridgehead atoms. The molecule has 2 aliphatic rings. The normalized spacial score (nSPS) is 18.9. The quantitative estimate of drug-likeness (QED) is 0.283. The van der Waals surface area contributed by atoms with Gasteiger partial charge in [-0.2, -0.15) is 4.31 Å². The summed E-state index contributed by atoms with van der Waals surface area (Å²) < 4.78 is 63.5. The van der Waals surface area contributed by atoms with Gasteiger partial charge in [-0.3, -0.25) is 4.79 Å². The predicted molar refractivity (Wildman–Crippen MR) is 166 cm³/mol. The standard InChI is InChI=1S/C32H37ClF2N4O4S/c33-27-12-9-22(19-29(27)35)20-31(32(40)37-23-13-17-43-18-14-23)38-30-8-4-7-28(34)26(30)11-10-24-21-36-15-16-39(24)44(41,42)25-5-2-1-3-6-25/h1-9,12,19,23-24,31,36,38H,10-11,13-18,20-21H2,(H,37,40)/t24-,31+/m1/s1. The van der Waals surface area contributed by atoms with Crippen molar-refractivity contribution < 1.29 is 26.7 Å². The molecule has 3 aromatic carbocycles. The zero-order valence-electron chi connectivity index (χ0n) is 24.3. The maximum absolute atomic E-state index is 15.4. The molecule has 0 unspecified atom stereocenters. The third-order valence-electron chi connectivity index (χ3n) is 8.13. The van der Waals surface area contributed by atoms with Crippen molar-refractivity contribution in [1.29, 1.82) is 0 Å². The van der Waals surface area contributed by atoms with Crippen LogP contribution < -0.4 is 16.0 Å². The summed E-state index contributed by atoms with van der Waals surface area (Å²) in [4.78, 5) is 13.8. The lowest BCUT2D eigenvalue weighted by atomic mass is 9.99. The molecule has 12 heteroatoms. The summed E-state index contributed by atoms with van der Waals surface area (Å²) in [6.07, 6.45) is 2.07. The summed E-state index contributed by atoms with van der Waals surface area (Å²) in [5.74, 6) is -1.34. The average molecular weight is 647 g/mol. The number of benzene rings is 3. The largest absolute Gasteiger partial charge is 0.381 e. The molecule has 0 aromatic heterocycles. The Bertz CT molecular complexity index is 1540. The summed E-state index contributed by atoms with van der Waals surface area (Å²) in [6, 6.07) is 16.0. The van der Waals surface area contributed by atoms with Gasteiger partial charge in [0.05, 0.1) is 9.92 Å². The summed E-state index contributed by atoms with van der Waals surface area (Å²) >= 11 is 5.88. The van der Waals surface area contributed by atoms with Crippen molar-refractivity contribution in [2.75, 3.05) is 38.2 Å². The third kappa shape index (κ3) is 7.94. The third-order valence-corrected chi connectivity index (χ3v) is 10.4. The van der Waals surface area contributed by atoms with Crippen molar-refractivity contribution in [1.82, 2.24) is 14.9 Å². The number of amides is 1. The van der Waals surface area contributed by atoms with E-state index in [2.05, 4.69) is 16.0 Å². The number of piperazine rings is 1. The van der Waals surface area contributed by atoms with E-state index in [9.17, 15) is 17.6 Å². The number of carbonyl (C=O) groups excluding carboxylic acids is 1. The predicted octanol–water partition coefficient (Wildman–Crippen LogP) is 4.53. The van der Waals surface area contributed by atoms with Gasteiger partial charge in [-0.05, 0) is 67.6 Å². The van der Waals surface area contributed by atoms with Crippen LogP contribution in [0.4, 0.5) is 14.5 Å². The molecule has 1 amide bonds. The first-order valence-corrected chi connectivity index (χ1v) is 16.7. The smallest absolute Gasteiger partial charge is 0.243 e. The lowest BCUT2D eigenvalue weighted by molar-refractivity contribution is -0.123. The minimum atomic E-state index is -3.74. The minimum Gasteiger partial charge on any atom is -0.381 e. The maximum atomic E-state index is 15.4. The van der Waals surface area contributed by atoms with Crippen LogP contribution in [0.25, 0.3) is 0 Å². The molecule has 5 rings (SSSR count). The molecule has 236 valence electrons. The first kappa shape index (κ1) is 32.3. The van der Waals surface area contributed by atoms with Crippen LogP contribution in [-0.2, 0) is 32.4 Å². The van der Waals surface area contributed by atoms with Crippen LogP contribution in [0, 0.1) is 11.6 Å². The van der Waals surface area contributed by atoms with E-state index in [1.54, 1.807) is 48.5 Å². The molecule has 8 nitrogen and oxygen atoms in total. The molecule has 3 aromatic rings. The lowest BCUT2D eigenvalue weighted by Crippen LogP contribution is -2.53. The van der Waals surface area contributed by atoms with Gasteiger partial charge in [0.15, 0.2) is 0 Å². The van der Waals surface area contributed by atoms with Gasteiger partial charge in [-0.15, -0.1) is 0 Å². The van der Waals surface area contributed by atoms with Crippen LogP contribution in [-0.4, -0.2) is 69.6 Å². The molecule has 0 radical (unpaired) electrons. The summed E-state index contributed by atoms with van der Waals surface area (Å²) in [6.45, 7) is 2.35. The molecule has 44 heavy (non-hydrogen) atoms. The van der Waals surface area contributed by atoms with E-state index in [0.717, 1.165) is 0 Å². The topological polar surface area (TPSA) is 99.8 Å². The zero-order chi connectivity index (χ0) is 31.1. The van der Waals surface area contributed by atoms with E-state index in [-0.39, 0.29) is 34.7 Å². The van der Waals surface area contributed by atoms with Crippen molar-refractivity contribution in [3.05, 3.63) is 94.5 Å². The van der Waals surface area contributed by atoms with Gasteiger partial charge in [0.2, 0.25) is 15.9 Å².